The van der Waals surface area contributed by atoms with E-state index in [9.17, 15) is 13.2 Å². The molecular formula is C18H22N2O3S. The highest BCUT2D eigenvalue weighted by Crippen LogP contribution is 2.21. The van der Waals surface area contributed by atoms with Crippen molar-refractivity contribution >= 4 is 21.6 Å². The molecule has 0 saturated heterocycles. The molecule has 0 aliphatic carbocycles. The molecule has 0 aromatic heterocycles. The maximum absolute atomic E-state index is 12.7. The van der Waals surface area contributed by atoms with Crippen LogP contribution in [0.1, 0.15) is 12.5 Å². The molecule has 2 rings (SSSR count). The number of amides is 1. The second-order valence-electron chi connectivity index (χ2n) is 5.75. The van der Waals surface area contributed by atoms with Crippen LogP contribution in [0.4, 0.5) is 5.69 Å². The zero-order valence-corrected chi connectivity index (χ0v) is 14.9. The predicted octanol–water partition coefficient (Wildman–Crippen LogP) is 2.50. The van der Waals surface area contributed by atoms with Crippen LogP contribution in [-0.2, 0) is 21.4 Å². The number of hydrogen-bond acceptors (Lipinski definition) is 3. The molecule has 0 fully saturated rings. The van der Waals surface area contributed by atoms with Crippen molar-refractivity contribution in [1.82, 2.24) is 4.90 Å². The average molecular weight is 346 g/mol. The van der Waals surface area contributed by atoms with Crippen LogP contribution >= 0.6 is 0 Å². The first-order valence-electron chi connectivity index (χ1n) is 7.64. The van der Waals surface area contributed by atoms with Gasteiger partial charge >= 0.3 is 0 Å². The number of para-hydroxylation sites is 1. The fourth-order valence-electron chi connectivity index (χ4n) is 2.63. The van der Waals surface area contributed by atoms with Crippen LogP contribution in [0, 0.1) is 0 Å². The number of anilines is 1. The highest BCUT2D eigenvalue weighted by Gasteiger charge is 2.30. The molecule has 6 heteroatoms. The number of hydrogen-bond donors (Lipinski definition) is 0. The van der Waals surface area contributed by atoms with Crippen molar-refractivity contribution in [2.24, 2.45) is 0 Å². The summed E-state index contributed by atoms with van der Waals surface area (Å²) < 4.78 is 25.6. The van der Waals surface area contributed by atoms with Crippen molar-refractivity contribution < 1.29 is 13.2 Å². The minimum atomic E-state index is -3.58. The summed E-state index contributed by atoms with van der Waals surface area (Å²) in [7, 11) is -1.90. The molecule has 2 aromatic carbocycles. The third kappa shape index (κ3) is 4.35. The number of sulfonamides is 1. The van der Waals surface area contributed by atoms with E-state index in [-0.39, 0.29) is 5.91 Å². The van der Waals surface area contributed by atoms with Crippen molar-refractivity contribution in [3.05, 3.63) is 66.2 Å². The first-order valence-corrected chi connectivity index (χ1v) is 9.49. The van der Waals surface area contributed by atoms with E-state index in [0.717, 1.165) is 16.1 Å². The monoisotopic (exact) mass is 346 g/mol. The van der Waals surface area contributed by atoms with E-state index in [1.165, 1.54) is 0 Å². The Kier molecular flexibility index (Phi) is 5.62. The van der Waals surface area contributed by atoms with Crippen molar-refractivity contribution in [1.29, 1.82) is 0 Å². The Hall–Kier alpha value is -2.34. The normalized spacial score (nSPS) is 12.5. The standard InChI is InChI=1S/C18H22N2O3S/c1-15(18(21)19(2)14-16-10-6-4-7-11-16)20(24(3,22)23)17-12-8-5-9-13-17/h4-13,15H,14H2,1-3H3/t15-/m1/s1. The van der Waals surface area contributed by atoms with E-state index < -0.39 is 16.1 Å². The molecule has 0 spiro atoms. The molecule has 5 nitrogen and oxygen atoms in total. The van der Waals surface area contributed by atoms with Crippen molar-refractivity contribution in [3.8, 4) is 0 Å². The second kappa shape index (κ2) is 7.49. The highest BCUT2D eigenvalue weighted by molar-refractivity contribution is 7.92. The Bertz CT molecular complexity index is 776. The number of carbonyl (C=O) groups excluding carboxylic acids is 1. The quantitative estimate of drug-likeness (QED) is 0.807. The molecule has 1 amide bonds. The molecular weight excluding hydrogens is 324 g/mol. The third-order valence-corrected chi connectivity index (χ3v) is 4.96. The molecule has 0 radical (unpaired) electrons. The molecule has 0 N–H and O–H groups in total. The number of carbonyl (C=O) groups is 1. The van der Waals surface area contributed by atoms with Crippen LogP contribution in [0.2, 0.25) is 0 Å². The molecule has 0 aliphatic rings. The summed E-state index contributed by atoms with van der Waals surface area (Å²) in [6.45, 7) is 2.04. The zero-order chi connectivity index (χ0) is 17.7. The van der Waals surface area contributed by atoms with Gasteiger partial charge in [-0.15, -0.1) is 0 Å². The Morgan fingerprint density at radius 2 is 1.50 bits per heavy atom. The van der Waals surface area contributed by atoms with E-state index in [2.05, 4.69) is 0 Å². The van der Waals surface area contributed by atoms with E-state index in [4.69, 9.17) is 0 Å². The summed E-state index contributed by atoms with van der Waals surface area (Å²) in [5.74, 6) is -0.256. The van der Waals surface area contributed by atoms with E-state index >= 15 is 0 Å². The van der Waals surface area contributed by atoms with Crippen molar-refractivity contribution in [2.75, 3.05) is 17.6 Å². The van der Waals surface area contributed by atoms with Gasteiger partial charge in [-0.25, -0.2) is 8.42 Å². The first kappa shape index (κ1) is 18.0. The number of benzene rings is 2. The van der Waals surface area contributed by atoms with Gasteiger partial charge in [0.05, 0.1) is 11.9 Å². The SMILES string of the molecule is C[C@H](C(=O)N(C)Cc1ccccc1)N(c1ccccc1)S(C)(=O)=O. The molecule has 0 bridgehead atoms. The van der Waals surface area contributed by atoms with E-state index in [0.29, 0.717) is 12.2 Å². The van der Waals surface area contributed by atoms with Gasteiger partial charge in [0.2, 0.25) is 15.9 Å². The molecule has 0 unspecified atom stereocenters. The number of nitrogens with zero attached hydrogens (tertiary/aromatic N) is 2. The highest BCUT2D eigenvalue weighted by atomic mass is 32.2. The fourth-order valence-corrected chi connectivity index (χ4v) is 3.80. The summed E-state index contributed by atoms with van der Waals surface area (Å²) in [5, 5.41) is 0. The third-order valence-electron chi connectivity index (χ3n) is 3.72. The van der Waals surface area contributed by atoms with Gasteiger partial charge in [0, 0.05) is 13.6 Å². The Labute approximate surface area is 143 Å². The lowest BCUT2D eigenvalue weighted by Gasteiger charge is -2.31. The molecule has 128 valence electrons. The molecule has 2 aromatic rings. The summed E-state index contributed by atoms with van der Waals surface area (Å²) >= 11 is 0. The van der Waals surface area contributed by atoms with Gasteiger partial charge in [0.25, 0.3) is 0 Å². The minimum absolute atomic E-state index is 0.256. The zero-order valence-electron chi connectivity index (χ0n) is 14.1. The molecule has 0 saturated carbocycles. The summed E-state index contributed by atoms with van der Waals surface area (Å²) in [6.07, 6.45) is 1.11. The maximum Gasteiger partial charge on any atom is 0.246 e. The summed E-state index contributed by atoms with van der Waals surface area (Å²) in [6, 6.07) is 17.4. The van der Waals surface area contributed by atoms with Gasteiger partial charge < -0.3 is 4.90 Å². The lowest BCUT2D eigenvalue weighted by atomic mass is 10.2. The van der Waals surface area contributed by atoms with Gasteiger partial charge in [-0.2, -0.15) is 0 Å². The van der Waals surface area contributed by atoms with Crippen LogP contribution in [0.5, 0.6) is 0 Å². The van der Waals surface area contributed by atoms with Gasteiger partial charge in [-0.3, -0.25) is 9.10 Å². The molecule has 24 heavy (non-hydrogen) atoms. The van der Waals surface area contributed by atoms with Gasteiger partial charge in [0.15, 0.2) is 0 Å². The lowest BCUT2D eigenvalue weighted by Crippen LogP contribution is -2.48. The average Bonchev–Trinajstić information content (AvgIpc) is 2.54. The number of likely N-dealkylation sites (N-methyl/N-ethyl adjacent to an activating group) is 1. The van der Waals surface area contributed by atoms with Crippen LogP contribution in [-0.4, -0.2) is 38.6 Å². The lowest BCUT2D eigenvalue weighted by molar-refractivity contribution is -0.131. The molecule has 0 heterocycles. The molecule has 1 atom stereocenters. The smallest absolute Gasteiger partial charge is 0.246 e. The van der Waals surface area contributed by atoms with Crippen LogP contribution in [0.25, 0.3) is 0 Å². The van der Waals surface area contributed by atoms with Crippen LogP contribution < -0.4 is 4.31 Å². The largest absolute Gasteiger partial charge is 0.340 e. The summed E-state index contributed by atoms with van der Waals surface area (Å²) in [5.41, 5.74) is 1.47. The second-order valence-corrected chi connectivity index (χ2v) is 7.61. The van der Waals surface area contributed by atoms with Crippen molar-refractivity contribution in [2.45, 2.75) is 19.5 Å². The van der Waals surface area contributed by atoms with Crippen molar-refractivity contribution in [3.63, 3.8) is 0 Å². The van der Waals surface area contributed by atoms with Gasteiger partial charge in [0.1, 0.15) is 6.04 Å². The minimum Gasteiger partial charge on any atom is -0.340 e. The molecule has 0 aliphatic heterocycles. The Balaban J connectivity index is 2.23. The number of rotatable bonds is 6. The Morgan fingerprint density at radius 3 is 2.00 bits per heavy atom. The van der Waals surface area contributed by atoms with E-state index in [1.54, 1.807) is 49.2 Å². The van der Waals surface area contributed by atoms with Crippen LogP contribution in [0.15, 0.2) is 60.7 Å². The first-order chi connectivity index (χ1) is 11.3. The maximum atomic E-state index is 12.7. The topological polar surface area (TPSA) is 57.7 Å². The van der Waals surface area contributed by atoms with Gasteiger partial charge in [-0.05, 0) is 24.6 Å². The van der Waals surface area contributed by atoms with Gasteiger partial charge in [-0.1, -0.05) is 48.5 Å². The predicted molar refractivity (Wildman–Crippen MR) is 96.1 cm³/mol. The van der Waals surface area contributed by atoms with E-state index in [1.807, 2.05) is 30.3 Å². The fraction of sp³-hybridized carbons (Fsp3) is 0.278. The Morgan fingerprint density at radius 1 is 1.00 bits per heavy atom. The summed E-state index contributed by atoms with van der Waals surface area (Å²) in [4.78, 5) is 14.3. The van der Waals surface area contributed by atoms with Crippen LogP contribution in [0.3, 0.4) is 0 Å².